The van der Waals surface area contributed by atoms with Crippen LogP contribution in [0.25, 0.3) is 0 Å². The fraction of sp³-hybridized carbons (Fsp3) is 0.833. The molecule has 2 aliphatic heterocycles. The molecule has 2 aliphatic rings. The van der Waals surface area contributed by atoms with Crippen molar-refractivity contribution in [3.63, 3.8) is 0 Å². The van der Waals surface area contributed by atoms with Gasteiger partial charge in [-0.3, -0.25) is 4.90 Å². The molecular formula is C12H19F3N2. The Balaban J connectivity index is 1.73. The third-order valence-corrected chi connectivity index (χ3v) is 3.61. The lowest BCUT2D eigenvalue weighted by molar-refractivity contribution is -0.0960. The summed E-state index contributed by atoms with van der Waals surface area (Å²) in [6.07, 6.45) is 0.835. The van der Waals surface area contributed by atoms with E-state index < -0.39 is 6.18 Å². The minimum absolute atomic E-state index is 0.140. The van der Waals surface area contributed by atoms with Gasteiger partial charge in [-0.15, -0.1) is 0 Å². The average molecular weight is 248 g/mol. The van der Waals surface area contributed by atoms with Gasteiger partial charge in [-0.25, -0.2) is 0 Å². The zero-order chi connectivity index (χ0) is 12.3. The highest BCUT2D eigenvalue weighted by molar-refractivity contribution is 5.12. The molecule has 2 rings (SSSR count). The van der Waals surface area contributed by atoms with Gasteiger partial charge in [-0.2, -0.15) is 13.2 Å². The van der Waals surface area contributed by atoms with E-state index in [4.69, 9.17) is 0 Å². The Hall–Kier alpha value is -0.550. The Kier molecular flexibility index (Phi) is 4.09. The quantitative estimate of drug-likeness (QED) is 0.771. The van der Waals surface area contributed by atoms with Crippen LogP contribution >= 0.6 is 0 Å². The molecule has 0 aromatic heterocycles. The first-order chi connectivity index (χ1) is 8.05. The molecule has 0 aliphatic carbocycles. The van der Waals surface area contributed by atoms with E-state index in [0.717, 1.165) is 19.5 Å². The maximum Gasteiger partial charge on any atom is 0.412 e. The highest BCUT2D eigenvalue weighted by atomic mass is 19.4. The first-order valence-electron chi connectivity index (χ1n) is 6.27. The minimum Gasteiger partial charge on any atom is -0.314 e. The van der Waals surface area contributed by atoms with E-state index in [-0.39, 0.29) is 12.0 Å². The average Bonchev–Trinajstić information content (AvgIpc) is 2.78. The van der Waals surface area contributed by atoms with Crippen LogP contribution < -0.4 is 5.32 Å². The van der Waals surface area contributed by atoms with Crippen molar-refractivity contribution in [1.29, 1.82) is 0 Å². The normalized spacial score (nSPS) is 27.2. The molecule has 17 heavy (non-hydrogen) atoms. The van der Waals surface area contributed by atoms with Gasteiger partial charge >= 0.3 is 6.18 Å². The van der Waals surface area contributed by atoms with Crippen LogP contribution in [0.4, 0.5) is 13.2 Å². The fourth-order valence-electron chi connectivity index (χ4n) is 2.51. The van der Waals surface area contributed by atoms with Gasteiger partial charge in [0.1, 0.15) is 0 Å². The molecule has 0 saturated carbocycles. The number of nitrogens with one attached hydrogen (secondary N) is 1. The third kappa shape index (κ3) is 3.71. The predicted molar refractivity (Wildman–Crippen MR) is 60.8 cm³/mol. The smallest absolute Gasteiger partial charge is 0.314 e. The second kappa shape index (κ2) is 5.40. The SMILES string of the molecule is FC(F)(F)C1=CCN(CCC2CCCN2)CC1. The van der Waals surface area contributed by atoms with Crippen molar-refractivity contribution < 1.29 is 13.2 Å². The zero-order valence-corrected chi connectivity index (χ0v) is 9.89. The van der Waals surface area contributed by atoms with Gasteiger partial charge in [0, 0.05) is 24.7 Å². The summed E-state index contributed by atoms with van der Waals surface area (Å²) >= 11 is 0. The van der Waals surface area contributed by atoms with Crippen LogP contribution in [-0.4, -0.2) is 43.3 Å². The molecule has 98 valence electrons. The van der Waals surface area contributed by atoms with Crippen molar-refractivity contribution in [2.75, 3.05) is 26.2 Å². The van der Waals surface area contributed by atoms with Gasteiger partial charge < -0.3 is 5.32 Å². The summed E-state index contributed by atoms with van der Waals surface area (Å²) < 4.78 is 37.2. The number of halogens is 3. The highest BCUT2D eigenvalue weighted by Gasteiger charge is 2.34. The summed E-state index contributed by atoms with van der Waals surface area (Å²) in [5.41, 5.74) is -0.354. The molecule has 0 spiro atoms. The Morgan fingerprint density at radius 2 is 2.24 bits per heavy atom. The lowest BCUT2D eigenvalue weighted by Crippen LogP contribution is -2.35. The summed E-state index contributed by atoms with van der Waals surface area (Å²) in [6.45, 7) is 2.97. The molecule has 0 amide bonds. The molecule has 1 saturated heterocycles. The zero-order valence-electron chi connectivity index (χ0n) is 9.89. The van der Waals surface area contributed by atoms with Crippen molar-refractivity contribution in [3.05, 3.63) is 11.6 Å². The van der Waals surface area contributed by atoms with E-state index in [1.807, 2.05) is 0 Å². The summed E-state index contributed by atoms with van der Waals surface area (Å²) in [4.78, 5) is 2.11. The summed E-state index contributed by atoms with van der Waals surface area (Å²) in [7, 11) is 0. The van der Waals surface area contributed by atoms with Crippen molar-refractivity contribution in [2.24, 2.45) is 0 Å². The van der Waals surface area contributed by atoms with E-state index in [1.54, 1.807) is 0 Å². The summed E-state index contributed by atoms with van der Waals surface area (Å²) in [6, 6.07) is 0.572. The molecule has 0 aromatic carbocycles. The van der Waals surface area contributed by atoms with Crippen LogP contribution in [0.5, 0.6) is 0 Å². The number of hydrogen-bond acceptors (Lipinski definition) is 2. The minimum atomic E-state index is -4.13. The van der Waals surface area contributed by atoms with Gasteiger partial charge in [0.25, 0.3) is 0 Å². The highest BCUT2D eigenvalue weighted by Crippen LogP contribution is 2.30. The number of rotatable bonds is 3. The lowest BCUT2D eigenvalue weighted by Gasteiger charge is -2.28. The Morgan fingerprint density at radius 3 is 2.76 bits per heavy atom. The fourth-order valence-corrected chi connectivity index (χ4v) is 2.51. The molecule has 0 radical (unpaired) electrons. The topological polar surface area (TPSA) is 15.3 Å². The summed E-state index contributed by atoms with van der Waals surface area (Å²) in [5.74, 6) is 0. The van der Waals surface area contributed by atoms with Gasteiger partial charge in [0.05, 0.1) is 0 Å². The first-order valence-corrected chi connectivity index (χ1v) is 6.27. The Bertz CT molecular complexity index is 280. The van der Waals surface area contributed by atoms with E-state index in [1.165, 1.54) is 18.9 Å². The van der Waals surface area contributed by atoms with Gasteiger partial charge in [-0.1, -0.05) is 6.08 Å². The third-order valence-electron chi connectivity index (χ3n) is 3.61. The van der Waals surface area contributed by atoms with E-state index in [9.17, 15) is 13.2 Å². The van der Waals surface area contributed by atoms with Crippen molar-refractivity contribution in [3.8, 4) is 0 Å². The van der Waals surface area contributed by atoms with E-state index >= 15 is 0 Å². The standard InChI is InChI=1S/C12H19F3N2/c13-12(14,15)10-3-7-17(8-4-10)9-5-11-2-1-6-16-11/h3,11,16H,1-2,4-9H2. The largest absolute Gasteiger partial charge is 0.412 e. The van der Waals surface area contributed by atoms with Crippen LogP contribution in [0, 0.1) is 0 Å². The summed E-state index contributed by atoms with van der Waals surface area (Å²) in [5, 5.41) is 3.41. The number of alkyl halides is 3. The Labute approximate surface area is 99.9 Å². The van der Waals surface area contributed by atoms with Crippen LogP contribution in [0.2, 0.25) is 0 Å². The maximum absolute atomic E-state index is 12.4. The first kappa shape index (κ1) is 12.9. The van der Waals surface area contributed by atoms with Crippen LogP contribution in [-0.2, 0) is 0 Å². The van der Waals surface area contributed by atoms with Crippen LogP contribution in [0.1, 0.15) is 25.7 Å². The van der Waals surface area contributed by atoms with E-state index in [2.05, 4.69) is 10.2 Å². The molecular weight excluding hydrogens is 229 g/mol. The Morgan fingerprint density at radius 1 is 1.41 bits per heavy atom. The molecule has 2 nitrogen and oxygen atoms in total. The predicted octanol–water partition coefficient (Wildman–Crippen LogP) is 2.32. The van der Waals surface area contributed by atoms with Crippen molar-refractivity contribution in [1.82, 2.24) is 10.2 Å². The molecule has 1 fully saturated rings. The van der Waals surface area contributed by atoms with E-state index in [0.29, 0.717) is 19.1 Å². The second-order valence-electron chi connectivity index (χ2n) is 4.86. The maximum atomic E-state index is 12.4. The molecule has 1 atom stereocenters. The van der Waals surface area contributed by atoms with Crippen LogP contribution in [0.15, 0.2) is 11.6 Å². The molecule has 2 heterocycles. The number of hydrogen-bond donors (Lipinski definition) is 1. The van der Waals surface area contributed by atoms with Gasteiger partial charge in [0.2, 0.25) is 0 Å². The second-order valence-corrected chi connectivity index (χ2v) is 4.86. The lowest BCUT2D eigenvalue weighted by atomic mass is 10.1. The van der Waals surface area contributed by atoms with Gasteiger partial charge in [-0.05, 0) is 38.8 Å². The van der Waals surface area contributed by atoms with Crippen LogP contribution in [0.3, 0.4) is 0 Å². The molecule has 5 heteroatoms. The molecule has 0 bridgehead atoms. The number of nitrogens with zero attached hydrogens (tertiary/aromatic N) is 1. The molecule has 0 aromatic rings. The van der Waals surface area contributed by atoms with Crippen molar-refractivity contribution in [2.45, 2.75) is 37.9 Å². The molecule has 1 N–H and O–H groups in total. The van der Waals surface area contributed by atoms with Crippen molar-refractivity contribution >= 4 is 0 Å². The monoisotopic (exact) mass is 248 g/mol. The van der Waals surface area contributed by atoms with Gasteiger partial charge in [0.15, 0.2) is 0 Å². The molecule has 1 unspecified atom stereocenters.